The van der Waals surface area contributed by atoms with Crippen molar-refractivity contribution in [1.82, 2.24) is 0 Å². The quantitative estimate of drug-likeness (QED) is 0.663. The SMILES string of the molecule is C[C@]1(O)CC[C@@]2(C)C(=CC[C@H]3[C@@H]4CC[C@H](O)[C@@]4(C)CC[C@@H]32)C1. The van der Waals surface area contributed by atoms with Crippen LogP contribution in [0.3, 0.4) is 0 Å². The molecule has 7 atom stereocenters. The molecule has 0 aromatic heterocycles. The lowest BCUT2D eigenvalue weighted by Crippen LogP contribution is -2.52. The van der Waals surface area contributed by atoms with E-state index in [1.807, 2.05) is 6.92 Å². The van der Waals surface area contributed by atoms with Gasteiger partial charge < -0.3 is 10.2 Å². The molecule has 0 heterocycles. The monoisotopic (exact) mass is 304 g/mol. The van der Waals surface area contributed by atoms with Gasteiger partial charge in [-0.2, -0.15) is 0 Å². The van der Waals surface area contributed by atoms with Crippen molar-refractivity contribution >= 4 is 0 Å². The van der Waals surface area contributed by atoms with Crippen molar-refractivity contribution in [1.29, 1.82) is 0 Å². The molecule has 4 rings (SSSR count). The molecule has 4 aliphatic rings. The van der Waals surface area contributed by atoms with Crippen molar-refractivity contribution < 1.29 is 10.2 Å². The summed E-state index contributed by atoms with van der Waals surface area (Å²) in [5, 5.41) is 21.0. The summed E-state index contributed by atoms with van der Waals surface area (Å²) in [6, 6.07) is 0. The molecule has 4 aliphatic carbocycles. The molecular weight excluding hydrogens is 272 g/mol. The van der Waals surface area contributed by atoms with Crippen LogP contribution in [0.4, 0.5) is 0 Å². The highest BCUT2D eigenvalue weighted by Gasteiger charge is 2.58. The van der Waals surface area contributed by atoms with Crippen LogP contribution in [-0.4, -0.2) is 21.9 Å². The summed E-state index contributed by atoms with van der Waals surface area (Å²) in [7, 11) is 0. The van der Waals surface area contributed by atoms with E-state index < -0.39 is 5.60 Å². The van der Waals surface area contributed by atoms with E-state index in [2.05, 4.69) is 19.9 Å². The smallest absolute Gasteiger partial charge is 0.0657 e. The van der Waals surface area contributed by atoms with E-state index in [0.717, 1.165) is 37.5 Å². The highest BCUT2D eigenvalue weighted by atomic mass is 16.3. The van der Waals surface area contributed by atoms with Crippen LogP contribution in [0.25, 0.3) is 0 Å². The summed E-state index contributed by atoms with van der Waals surface area (Å²) in [6.45, 7) is 6.82. The number of allylic oxidation sites excluding steroid dienone is 1. The number of rotatable bonds is 0. The number of hydrogen-bond acceptors (Lipinski definition) is 2. The maximum Gasteiger partial charge on any atom is 0.0657 e. The molecule has 0 bridgehead atoms. The lowest BCUT2D eigenvalue weighted by Gasteiger charge is -2.58. The van der Waals surface area contributed by atoms with Crippen molar-refractivity contribution in [2.24, 2.45) is 28.6 Å². The molecule has 0 saturated heterocycles. The van der Waals surface area contributed by atoms with Crippen LogP contribution in [0.5, 0.6) is 0 Å². The van der Waals surface area contributed by atoms with Crippen molar-refractivity contribution in [2.45, 2.75) is 83.8 Å². The number of aliphatic hydroxyl groups is 2. The second-order valence-electron chi connectivity index (χ2n) is 9.57. The van der Waals surface area contributed by atoms with Gasteiger partial charge in [0.25, 0.3) is 0 Å². The predicted molar refractivity (Wildman–Crippen MR) is 88.3 cm³/mol. The van der Waals surface area contributed by atoms with Crippen molar-refractivity contribution in [3.8, 4) is 0 Å². The summed E-state index contributed by atoms with van der Waals surface area (Å²) in [6.07, 6.45) is 11.2. The third-order valence-electron chi connectivity index (χ3n) is 8.33. The highest BCUT2D eigenvalue weighted by Crippen LogP contribution is 2.65. The Labute approximate surface area is 135 Å². The van der Waals surface area contributed by atoms with Crippen LogP contribution in [0.15, 0.2) is 11.6 Å². The predicted octanol–water partition coefficient (Wildman–Crippen LogP) is 4.06. The van der Waals surface area contributed by atoms with E-state index in [1.165, 1.54) is 31.3 Å². The molecular formula is C20H32O2. The molecule has 3 fully saturated rings. The van der Waals surface area contributed by atoms with E-state index in [0.29, 0.717) is 11.3 Å². The Hall–Kier alpha value is -0.340. The Kier molecular flexibility index (Phi) is 3.18. The molecule has 0 amide bonds. The minimum atomic E-state index is -0.495. The summed E-state index contributed by atoms with van der Waals surface area (Å²) < 4.78 is 0. The Morgan fingerprint density at radius 2 is 1.77 bits per heavy atom. The molecule has 2 heteroatoms. The molecule has 0 radical (unpaired) electrons. The topological polar surface area (TPSA) is 40.5 Å². The Balaban J connectivity index is 1.67. The van der Waals surface area contributed by atoms with E-state index in [4.69, 9.17) is 0 Å². The molecule has 0 aromatic rings. The lowest BCUT2D eigenvalue weighted by molar-refractivity contribution is -0.0806. The lowest BCUT2D eigenvalue weighted by atomic mass is 9.47. The Bertz CT molecular complexity index is 508. The molecule has 0 aliphatic heterocycles. The highest BCUT2D eigenvalue weighted by molar-refractivity contribution is 5.26. The second kappa shape index (κ2) is 4.60. The normalized spacial score (nSPS) is 57.6. The summed E-state index contributed by atoms with van der Waals surface area (Å²) in [5.74, 6) is 2.23. The molecule has 22 heavy (non-hydrogen) atoms. The van der Waals surface area contributed by atoms with Crippen molar-refractivity contribution in [3.63, 3.8) is 0 Å². The Morgan fingerprint density at radius 1 is 1.00 bits per heavy atom. The first-order chi connectivity index (χ1) is 10.3. The average molecular weight is 304 g/mol. The maximum atomic E-state index is 10.5. The zero-order chi connectivity index (χ0) is 15.8. The third kappa shape index (κ3) is 1.92. The largest absolute Gasteiger partial charge is 0.393 e. The van der Waals surface area contributed by atoms with Crippen LogP contribution in [0.2, 0.25) is 0 Å². The first kappa shape index (κ1) is 15.2. The van der Waals surface area contributed by atoms with Gasteiger partial charge in [0.05, 0.1) is 11.7 Å². The number of aliphatic hydroxyl groups excluding tert-OH is 1. The van der Waals surface area contributed by atoms with Gasteiger partial charge in [-0.15, -0.1) is 0 Å². The first-order valence-electron chi connectivity index (χ1n) is 9.36. The van der Waals surface area contributed by atoms with Gasteiger partial charge in [0, 0.05) is 0 Å². The van der Waals surface area contributed by atoms with Crippen LogP contribution >= 0.6 is 0 Å². The first-order valence-corrected chi connectivity index (χ1v) is 9.36. The van der Waals surface area contributed by atoms with Gasteiger partial charge in [-0.25, -0.2) is 0 Å². The van der Waals surface area contributed by atoms with Crippen LogP contribution in [0, 0.1) is 28.6 Å². The minimum Gasteiger partial charge on any atom is -0.393 e. The van der Waals surface area contributed by atoms with Crippen LogP contribution in [0.1, 0.15) is 72.1 Å². The van der Waals surface area contributed by atoms with Gasteiger partial charge in [0.15, 0.2) is 0 Å². The molecule has 0 unspecified atom stereocenters. The average Bonchev–Trinajstić information content (AvgIpc) is 2.76. The zero-order valence-electron chi connectivity index (χ0n) is 14.4. The Morgan fingerprint density at radius 3 is 2.55 bits per heavy atom. The van der Waals surface area contributed by atoms with Crippen molar-refractivity contribution in [2.75, 3.05) is 0 Å². The number of hydrogen-bond donors (Lipinski definition) is 2. The fraction of sp³-hybridized carbons (Fsp3) is 0.900. The summed E-state index contributed by atoms with van der Waals surface area (Å²) in [5.41, 5.74) is 1.51. The van der Waals surface area contributed by atoms with E-state index in [-0.39, 0.29) is 11.5 Å². The van der Waals surface area contributed by atoms with E-state index in [1.54, 1.807) is 0 Å². The maximum absolute atomic E-state index is 10.5. The van der Waals surface area contributed by atoms with Gasteiger partial charge in [-0.1, -0.05) is 25.5 Å². The fourth-order valence-electron chi connectivity index (χ4n) is 6.78. The molecule has 3 saturated carbocycles. The van der Waals surface area contributed by atoms with Crippen LogP contribution < -0.4 is 0 Å². The van der Waals surface area contributed by atoms with Crippen LogP contribution in [-0.2, 0) is 0 Å². The van der Waals surface area contributed by atoms with Gasteiger partial charge in [0.1, 0.15) is 0 Å². The van der Waals surface area contributed by atoms with Crippen molar-refractivity contribution in [3.05, 3.63) is 11.6 Å². The molecule has 2 nitrogen and oxygen atoms in total. The minimum absolute atomic E-state index is 0.0799. The van der Waals surface area contributed by atoms with E-state index in [9.17, 15) is 10.2 Å². The third-order valence-corrected chi connectivity index (χ3v) is 8.33. The van der Waals surface area contributed by atoms with Gasteiger partial charge >= 0.3 is 0 Å². The molecule has 2 N–H and O–H groups in total. The second-order valence-corrected chi connectivity index (χ2v) is 9.57. The summed E-state index contributed by atoms with van der Waals surface area (Å²) >= 11 is 0. The number of fused-ring (bicyclic) bond motifs is 5. The fourth-order valence-corrected chi connectivity index (χ4v) is 6.78. The molecule has 0 spiro atoms. The summed E-state index contributed by atoms with van der Waals surface area (Å²) in [4.78, 5) is 0. The van der Waals surface area contributed by atoms with Gasteiger partial charge in [0.2, 0.25) is 0 Å². The molecule has 124 valence electrons. The van der Waals surface area contributed by atoms with Gasteiger partial charge in [-0.05, 0) is 86.9 Å². The standard InChI is InChI=1S/C20H32O2/c1-18(22)10-11-19(2)13(12-18)4-5-14-15-6-7-17(21)20(15,3)9-8-16(14)19/h4,14-17,21-22H,5-12H2,1-3H3/t14-,15-,16-,17-,18-,19-,20-/m0/s1. The molecule has 0 aromatic carbocycles. The van der Waals surface area contributed by atoms with Gasteiger partial charge in [-0.3, -0.25) is 0 Å². The van der Waals surface area contributed by atoms with E-state index >= 15 is 0 Å². The zero-order valence-corrected chi connectivity index (χ0v) is 14.4.